The average Bonchev–Trinajstić information content (AvgIpc) is 2.97. The summed E-state index contributed by atoms with van der Waals surface area (Å²) in [7, 11) is 0. The second kappa shape index (κ2) is 26.3. The van der Waals surface area contributed by atoms with Crippen LogP contribution in [0.4, 0.5) is 9.59 Å². The number of amides is 2. The lowest BCUT2D eigenvalue weighted by Crippen LogP contribution is -2.31. The number of carboxylic acid groups (broad SMARTS) is 1. The molecule has 2 aliphatic carbocycles. The van der Waals surface area contributed by atoms with E-state index in [-0.39, 0.29) is 24.6 Å². The van der Waals surface area contributed by atoms with Crippen LogP contribution in [-0.2, 0) is 23.8 Å². The molecule has 2 amide bonds. The number of ether oxygens (including phenoxy) is 3. The quantitative estimate of drug-likeness (QED) is 0.108. The fraction of sp³-hybridized carbons (Fsp3) is 0.758. The van der Waals surface area contributed by atoms with Crippen LogP contribution >= 0.6 is 0 Å². The number of rotatable bonds is 17. The van der Waals surface area contributed by atoms with Gasteiger partial charge in [0.05, 0.1) is 18.8 Å². The third-order valence-electron chi connectivity index (χ3n) is 7.59. The molecule has 0 saturated heterocycles. The van der Waals surface area contributed by atoms with E-state index in [9.17, 15) is 19.2 Å². The lowest BCUT2D eigenvalue weighted by Gasteiger charge is -2.16. The van der Waals surface area contributed by atoms with Gasteiger partial charge in [-0.2, -0.15) is 0 Å². The second-order valence-corrected chi connectivity index (χ2v) is 11.6. The van der Waals surface area contributed by atoms with Crippen molar-refractivity contribution in [1.82, 2.24) is 10.6 Å². The number of nitrogens with two attached hydrogens (primary N) is 2. The highest BCUT2D eigenvalue weighted by molar-refractivity contribution is 5.81. The van der Waals surface area contributed by atoms with E-state index in [0.29, 0.717) is 45.4 Å². The molecule has 4 atom stereocenters. The molecule has 0 aromatic heterocycles. The van der Waals surface area contributed by atoms with Crippen molar-refractivity contribution in [2.75, 3.05) is 26.3 Å². The largest absolute Gasteiger partial charge is 0.480 e. The third-order valence-corrected chi connectivity index (χ3v) is 7.59. The Hall–Kier alpha value is -2.96. The maximum Gasteiger partial charge on any atom is 0.407 e. The summed E-state index contributed by atoms with van der Waals surface area (Å²) in [4.78, 5) is 44.7. The second-order valence-electron chi connectivity index (χ2n) is 11.6. The molecule has 4 unspecified atom stereocenters. The van der Waals surface area contributed by atoms with Crippen LogP contribution in [0.5, 0.6) is 0 Å². The first kappa shape index (κ1) is 40.1. The first-order chi connectivity index (χ1) is 21.7. The Labute approximate surface area is 269 Å². The number of aliphatic carboxylic acids is 1. The van der Waals surface area contributed by atoms with Crippen molar-refractivity contribution in [3.63, 3.8) is 0 Å². The molecule has 7 N–H and O–H groups in total. The smallest absolute Gasteiger partial charge is 0.407 e. The fourth-order valence-electron chi connectivity index (χ4n) is 4.74. The van der Waals surface area contributed by atoms with Gasteiger partial charge in [0.25, 0.3) is 0 Å². The number of hydrogen-bond acceptors (Lipinski definition) is 9. The molecule has 0 saturated carbocycles. The number of ketones is 1. The van der Waals surface area contributed by atoms with E-state index >= 15 is 0 Å². The van der Waals surface area contributed by atoms with E-state index in [1.807, 2.05) is 6.08 Å². The normalized spacial score (nSPS) is 21.0. The van der Waals surface area contributed by atoms with Crippen LogP contribution in [0.1, 0.15) is 110 Å². The molecule has 0 spiro atoms. The van der Waals surface area contributed by atoms with Gasteiger partial charge in [0.1, 0.15) is 24.5 Å². The SMILES string of the molecule is CC(=O)C(N)CCCCNC(=O)OCCOC1/C=C/CCCCC1.NC(CCCCNC(=O)OC1/C=C/CCCCC1)C(=O)O. The summed E-state index contributed by atoms with van der Waals surface area (Å²) in [6.45, 7) is 3.16. The van der Waals surface area contributed by atoms with Gasteiger partial charge in [-0.3, -0.25) is 9.59 Å². The number of allylic oxidation sites excluding steroid dienone is 2. The average molecular weight is 639 g/mol. The molecule has 45 heavy (non-hydrogen) atoms. The number of carbonyl (C=O) groups is 4. The predicted octanol–water partition coefficient (Wildman–Crippen LogP) is 4.89. The Balaban J connectivity index is 0.000000454. The summed E-state index contributed by atoms with van der Waals surface area (Å²) in [6.07, 6.45) is 22.7. The zero-order valence-electron chi connectivity index (χ0n) is 27.2. The van der Waals surface area contributed by atoms with E-state index < -0.39 is 30.2 Å². The van der Waals surface area contributed by atoms with E-state index in [2.05, 4.69) is 28.9 Å². The first-order valence-corrected chi connectivity index (χ1v) is 16.7. The lowest BCUT2D eigenvalue weighted by molar-refractivity contribution is -0.138. The fourth-order valence-corrected chi connectivity index (χ4v) is 4.74. The molecule has 0 heterocycles. The molecule has 0 aromatic carbocycles. The molecule has 258 valence electrons. The van der Waals surface area contributed by atoms with Crippen molar-refractivity contribution >= 4 is 23.9 Å². The lowest BCUT2D eigenvalue weighted by atomic mass is 10.0. The predicted molar refractivity (Wildman–Crippen MR) is 174 cm³/mol. The molecule has 0 aromatic rings. The standard InChI is InChI=1S/C18H32N2O4.C15H26N2O4/c1-15(21)17(19)11-7-8-12-20-18(22)24-14-13-23-16-9-5-3-2-4-6-10-16;16-13(14(18)19)10-6-7-11-17-15(20)21-12-8-4-2-1-3-5-9-12/h5,9,16-17H,2-4,6-8,10-14,19H2,1H3,(H,20,22);4,8,12-13H,1-3,5-7,9-11,16H2,(H,17,20)(H,18,19)/b9-5+;8-4+. The highest BCUT2D eigenvalue weighted by Gasteiger charge is 2.13. The Bertz CT molecular complexity index is 898. The summed E-state index contributed by atoms with van der Waals surface area (Å²) in [5.74, 6) is -0.986. The zero-order chi connectivity index (χ0) is 33.1. The Morgan fingerprint density at radius 2 is 1.31 bits per heavy atom. The Kier molecular flexibility index (Phi) is 23.4. The van der Waals surface area contributed by atoms with Crippen LogP contribution in [0.25, 0.3) is 0 Å². The summed E-state index contributed by atoms with van der Waals surface area (Å²) < 4.78 is 16.1. The van der Waals surface area contributed by atoms with Gasteiger partial charge in [-0.1, -0.05) is 37.5 Å². The van der Waals surface area contributed by atoms with Gasteiger partial charge in [0.15, 0.2) is 0 Å². The summed E-state index contributed by atoms with van der Waals surface area (Å²) >= 11 is 0. The van der Waals surface area contributed by atoms with Crippen molar-refractivity contribution < 1.29 is 38.5 Å². The van der Waals surface area contributed by atoms with Gasteiger partial charge < -0.3 is 41.4 Å². The molecule has 2 aliphatic rings. The molecule has 0 fully saturated rings. The summed E-state index contributed by atoms with van der Waals surface area (Å²) in [6, 6.07) is -1.21. The monoisotopic (exact) mass is 638 g/mol. The zero-order valence-corrected chi connectivity index (χ0v) is 27.2. The number of alkyl carbamates (subject to hydrolysis) is 2. The van der Waals surface area contributed by atoms with Gasteiger partial charge in [0, 0.05) is 13.1 Å². The van der Waals surface area contributed by atoms with Crippen molar-refractivity contribution in [2.45, 2.75) is 134 Å². The maximum absolute atomic E-state index is 11.6. The first-order valence-electron chi connectivity index (χ1n) is 16.7. The van der Waals surface area contributed by atoms with Crippen LogP contribution in [0, 0.1) is 0 Å². The van der Waals surface area contributed by atoms with E-state index in [0.717, 1.165) is 44.9 Å². The van der Waals surface area contributed by atoms with Crippen LogP contribution < -0.4 is 22.1 Å². The van der Waals surface area contributed by atoms with Crippen LogP contribution in [0.2, 0.25) is 0 Å². The number of carboxylic acids is 1. The summed E-state index contributed by atoms with van der Waals surface area (Å²) in [5, 5.41) is 14.0. The molecule has 12 nitrogen and oxygen atoms in total. The highest BCUT2D eigenvalue weighted by Crippen LogP contribution is 2.15. The number of hydrogen-bond donors (Lipinski definition) is 5. The maximum atomic E-state index is 11.6. The number of nitrogens with one attached hydrogen (secondary N) is 2. The van der Waals surface area contributed by atoms with Crippen molar-refractivity contribution in [3.05, 3.63) is 24.3 Å². The Morgan fingerprint density at radius 1 is 0.756 bits per heavy atom. The molecule has 0 aliphatic heterocycles. The van der Waals surface area contributed by atoms with E-state index in [4.69, 9.17) is 30.8 Å². The van der Waals surface area contributed by atoms with Gasteiger partial charge in [0.2, 0.25) is 0 Å². The Morgan fingerprint density at radius 3 is 1.91 bits per heavy atom. The minimum atomic E-state index is -0.988. The topological polar surface area (TPSA) is 192 Å². The van der Waals surface area contributed by atoms with Crippen molar-refractivity contribution in [3.8, 4) is 0 Å². The molecule has 0 radical (unpaired) electrons. The minimum absolute atomic E-state index is 0.00139. The molecule has 2 rings (SSSR count). The number of carbonyl (C=O) groups excluding carboxylic acids is 3. The van der Waals surface area contributed by atoms with Crippen molar-refractivity contribution in [2.24, 2.45) is 11.5 Å². The summed E-state index contributed by atoms with van der Waals surface area (Å²) in [5.41, 5.74) is 11.0. The molecular weight excluding hydrogens is 580 g/mol. The molecule has 0 bridgehead atoms. The van der Waals surface area contributed by atoms with Gasteiger partial charge in [-0.05, 0) is 96.5 Å². The molecular formula is C33H58N4O8. The van der Waals surface area contributed by atoms with Gasteiger partial charge >= 0.3 is 18.2 Å². The van der Waals surface area contributed by atoms with Gasteiger partial charge in [-0.15, -0.1) is 0 Å². The minimum Gasteiger partial charge on any atom is -0.480 e. The van der Waals surface area contributed by atoms with E-state index in [1.165, 1.54) is 39.0 Å². The van der Waals surface area contributed by atoms with Crippen molar-refractivity contribution in [1.29, 1.82) is 0 Å². The third kappa shape index (κ3) is 23.1. The molecule has 12 heteroatoms. The number of Topliss-reactive ketones (excluding diaryl/α,β-unsaturated/α-hetero) is 1. The van der Waals surface area contributed by atoms with Crippen LogP contribution in [0.3, 0.4) is 0 Å². The van der Waals surface area contributed by atoms with E-state index in [1.54, 1.807) is 0 Å². The number of unbranched alkanes of at least 4 members (excludes halogenated alkanes) is 2. The highest BCUT2D eigenvalue weighted by atomic mass is 16.6. The van der Waals surface area contributed by atoms with Gasteiger partial charge in [-0.25, -0.2) is 9.59 Å². The van der Waals surface area contributed by atoms with Crippen LogP contribution in [0.15, 0.2) is 24.3 Å². The van der Waals surface area contributed by atoms with Crippen LogP contribution in [-0.4, -0.2) is 79.6 Å².